The van der Waals surface area contributed by atoms with E-state index in [1.165, 1.54) is 4.21 Å². The minimum absolute atomic E-state index is 0.172. The molecule has 0 atom stereocenters. The zero-order valence-electron chi connectivity index (χ0n) is 8.35. The van der Waals surface area contributed by atoms with Crippen LogP contribution in [0.4, 0.5) is 0 Å². The van der Waals surface area contributed by atoms with Gasteiger partial charge in [0.15, 0.2) is 5.78 Å². The normalized spacial score (nSPS) is 10.3. The van der Waals surface area contributed by atoms with Crippen molar-refractivity contribution in [2.24, 2.45) is 0 Å². The Labute approximate surface area is 111 Å². The number of halogens is 1. The first-order chi connectivity index (χ1) is 7.75. The van der Waals surface area contributed by atoms with Gasteiger partial charge in [-0.05, 0) is 23.6 Å². The Morgan fingerprint density at radius 2 is 2.00 bits per heavy atom. The van der Waals surface area contributed by atoms with E-state index >= 15 is 0 Å². The smallest absolute Gasteiger partial charge is 0.173 e. The Kier molecular flexibility index (Phi) is 4.21. The topological polar surface area (TPSA) is 17.1 Å². The molecule has 0 aliphatic carbocycles. The van der Waals surface area contributed by atoms with E-state index in [-0.39, 0.29) is 5.78 Å². The van der Waals surface area contributed by atoms with Gasteiger partial charge in [0.1, 0.15) is 0 Å². The second-order valence-electron chi connectivity index (χ2n) is 3.15. The van der Waals surface area contributed by atoms with Crippen molar-refractivity contribution < 1.29 is 4.79 Å². The van der Waals surface area contributed by atoms with Crippen LogP contribution >= 0.6 is 39.0 Å². The molecule has 0 spiro atoms. The number of Topliss-reactive ketones (excluding diaryl/α,β-unsaturated/α-hetero) is 1. The van der Waals surface area contributed by atoms with E-state index in [0.717, 1.165) is 10.0 Å². The SMILES string of the molecule is O=C(CSc1cccs1)c1ccc(Br)cc1. The van der Waals surface area contributed by atoms with Crippen LogP contribution in [0.2, 0.25) is 0 Å². The van der Waals surface area contributed by atoms with Crippen molar-refractivity contribution in [2.45, 2.75) is 4.21 Å². The fourth-order valence-corrected chi connectivity index (χ4v) is 3.14. The van der Waals surface area contributed by atoms with Crippen LogP contribution in [-0.2, 0) is 0 Å². The van der Waals surface area contributed by atoms with Gasteiger partial charge >= 0.3 is 0 Å². The molecule has 1 nitrogen and oxygen atoms in total. The number of ketones is 1. The van der Waals surface area contributed by atoms with Crippen LogP contribution in [0.3, 0.4) is 0 Å². The van der Waals surface area contributed by atoms with Gasteiger partial charge in [-0.15, -0.1) is 23.1 Å². The summed E-state index contributed by atoms with van der Waals surface area (Å²) in [5, 5.41) is 2.02. The van der Waals surface area contributed by atoms with Crippen LogP contribution in [0, 0.1) is 0 Å². The molecule has 1 aromatic heterocycles. The first-order valence-corrected chi connectivity index (χ1v) is 7.36. The highest BCUT2D eigenvalue weighted by Crippen LogP contribution is 2.24. The molecule has 0 radical (unpaired) electrons. The lowest BCUT2D eigenvalue weighted by atomic mass is 10.2. The average molecular weight is 313 g/mol. The van der Waals surface area contributed by atoms with Crippen LogP contribution < -0.4 is 0 Å². The number of hydrogen-bond donors (Lipinski definition) is 0. The molecule has 1 heterocycles. The second kappa shape index (κ2) is 5.66. The predicted octanol–water partition coefficient (Wildman–Crippen LogP) is 4.49. The van der Waals surface area contributed by atoms with Gasteiger partial charge in [0.05, 0.1) is 9.96 Å². The third kappa shape index (κ3) is 3.20. The van der Waals surface area contributed by atoms with Gasteiger partial charge in [0, 0.05) is 10.0 Å². The van der Waals surface area contributed by atoms with E-state index in [1.54, 1.807) is 23.1 Å². The van der Waals surface area contributed by atoms with Gasteiger partial charge in [0.25, 0.3) is 0 Å². The number of hydrogen-bond acceptors (Lipinski definition) is 3. The van der Waals surface area contributed by atoms with Crippen LogP contribution in [0.5, 0.6) is 0 Å². The minimum Gasteiger partial charge on any atom is -0.293 e. The van der Waals surface area contributed by atoms with Gasteiger partial charge in [-0.1, -0.05) is 34.1 Å². The molecule has 16 heavy (non-hydrogen) atoms. The lowest BCUT2D eigenvalue weighted by Gasteiger charge is -1.99. The van der Waals surface area contributed by atoms with E-state index in [4.69, 9.17) is 0 Å². The van der Waals surface area contributed by atoms with Crippen LogP contribution in [0.15, 0.2) is 50.5 Å². The monoisotopic (exact) mass is 312 g/mol. The Bertz CT molecular complexity index is 462. The first-order valence-electron chi connectivity index (χ1n) is 4.71. The molecule has 0 unspecified atom stereocenters. The molecule has 0 aliphatic heterocycles. The Morgan fingerprint density at radius 3 is 2.62 bits per heavy atom. The molecular formula is C12H9BrOS2. The highest BCUT2D eigenvalue weighted by atomic mass is 79.9. The Balaban J connectivity index is 1.95. The zero-order chi connectivity index (χ0) is 11.4. The van der Waals surface area contributed by atoms with E-state index < -0.39 is 0 Å². The molecule has 1 aromatic carbocycles. The Morgan fingerprint density at radius 1 is 1.25 bits per heavy atom. The van der Waals surface area contributed by atoms with E-state index in [9.17, 15) is 4.79 Å². The molecule has 0 aliphatic rings. The number of thiophene rings is 1. The molecule has 2 aromatic rings. The molecule has 0 N–H and O–H groups in total. The molecule has 0 bridgehead atoms. The standard InChI is InChI=1S/C12H9BrOS2/c13-10-5-3-9(4-6-10)11(14)8-16-12-2-1-7-15-12/h1-7H,8H2. The van der Waals surface area contributed by atoms with Gasteiger partial charge in [-0.25, -0.2) is 0 Å². The molecule has 0 fully saturated rings. The van der Waals surface area contributed by atoms with Crippen molar-refractivity contribution >= 4 is 44.8 Å². The predicted molar refractivity (Wildman–Crippen MR) is 73.5 cm³/mol. The summed E-state index contributed by atoms with van der Waals surface area (Å²) in [7, 11) is 0. The van der Waals surface area contributed by atoms with Crippen LogP contribution in [0.1, 0.15) is 10.4 Å². The molecule has 0 saturated carbocycles. The van der Waals surface area contributed by atoms with E-state index in [1.807, 2.05) is 41.8 Å². The van der Waals surface area contributed by atoms with Crippen molar-refractivity contribution in [3.05, 3.63) is 51.8 Å². The fourth-order valence-electron chi connectivity index (χ4n) is 1.20. The van der Waals surface area contributed by atoms with Gasteiger partial charge in [-0.2, -0.15) is 0 Å². The lowest BCUT2D eigenvalue weighted by molar-refractivity contribution is 0.102. The van der Waals surface area contributed by atoms with Crippen LogP contribution in [-0.4, -0.2) is 11.5 Å². The summed E-state index contributed by atoms with van der Waals surface area (Å²) in [6.07, 6.45) is 0. The summed E-state index contributed by atoms with van der Waals surface area (Å²) in [6.45, 7) is 0. The maximum Gasteiger partial charge on any atom is 0.173 e. The number of carbonyl (C=O) groups excluding carboxylic acids is 1. The average Bonchev–Trinajstić information content (AvgIpc) is 2.80. The summed E-state index contributed by atoms with van der Waals surface area (Å²) >= 11 is 6.61. The molecule has 2 rings (SSSR count). The minimum atomic E-state index is 0.172. The quantitative estimate of drug-likeness (QED) is 0.611. The molecule has 0 amide bonds. The summed E-state index contributed by atoms with van der Waals surface area (Å²) < 4.78 is 2.18. The maximum atomic E-state index is 11.8. The number of benzene rings is 1. The fraction of sp³-hybridized carbons (Fsp3) is 0.0833. The number of rotatable bonds is 4. The van der Waals surface area contributed by atoms with Crippen LogP contribution in [0.25, 0.3) is 0 Å². The van der Waals surface area contributed by atoms with Crippen molar-refractivity contribution in [1.82, 2.24) is 0 Å². The number of carbonyl (C=O) groups is 1. The van der Waals surface area contributed by atoms with Crippen molar-refractivity contribution in [1.29, 1.82) is 0 Å². The molecular weight excluding hydrogens is 304 g/mol. The molecule has 4 heteroatoms. The van der Waals surface area contributed by atoms with Crippen molar-refractivity contribution in [3.63, 3.8) is 0 Å². The Hall–Kier alpha value is -0.580. The zero-order valence-corrected chi connectivity index (χ0v) is 11.6. The third-order valence-corrected chi connectivity index (χ3v) is 4.67. The van der Waals surface area contributed by atoms with Gasteiger partial charge in [-0.3, -0.25) is 4.79 Å². The second-order valence-corrected chi connectivity index (χ2v) is 6.29. The van der Waals surface area contributed by atoms with E-state index in [2.05, 4.69) is 15.9 Å². The number of thioether (sulfide) groups is 1. The summed E-state index contributed by atoms with van der Waals surface area (Å²) in [5.41, 5.74) is 0.771. The van der Waals surface area contributed by atoms with E-state index in [0.29, 0.717) is 5.75 Å². The van der Waals surface area contributed by atoms with Crippen molar-refractivity contribution in [2.75, 3.05) is 5.75 Å². The van der Waals surface area contributed by atoms with Gasteiger partial charge in [0.2, 0.25) is 0 Å². The van der Waals surface area contributed by atoms with Crippen molar-refractivity contribution in [3.8, 4) is 0 Å². The largest absolute Gasteiger partial charge is 0.293 e. The summed E-state index contributed by atoms with van der Waals surface area (Å²) in [6, 6.07) is 11.5. The first kappa shape index (κ1) is 11.9. The molecule has 82 valence electrons. The highest BCUT2D eigenvalue weighted by molar-refractivity contribution is 9.10. The summed E-state index contributed by atoms with van der Waals surface area (Å²) in [5.74, 6) is 0.674. The summed E-state index contributed by atoms with van der Waals surface area (Å²) in [4.78, 5) is 11.8. The maximum absolute atomic E-state index is 11.8. The third-order valence-electron chi connectivity index (χ3n) is 2.01. The highest BCUT2D eigenvalue weighted by Gasteiger charge is 2.06. The molecule has 0 saturated heterocycles. The van der Waals surface area contributed by atoms with Gasteiger partial charge < -0.3 is 0 Å². The lowest BCUT2D eigenvalue weighted by Crippen LogP contribution is -2.01.